The van der Waals surface area contributed by atoms with Crippen LogP contribution in [0.1, 0.15) is 201 Å². The standard InChI is InChI=1S/C61H96O5/c1-4-7-10-13-16-19-22-25-28-31-33-36-39-42-45-48-51-54-60(62)65-58-59(57-64-56-53-50-47-44-41-38-35-30-27-24-21-18-15-12-9-6-3)66-61(63)55-52-49-46-43-40-37-34-32-29-26-23-20-17-14-11-8-5-2/h7-12,16-21,25-30,33,36,38,41-42,45,59H,4-6,13-15,22-24,31-32,34-35,37,39-40,43-44,46-58H2,1-3H3/b10-7-,11-8-,12-9-,19-16-,20-17-,21-18-,28-25-,29-26-,30-27-,36-33-,41-38-,45-42-. The molecule has 0 aliphatic heterocycles. The summed E-state index contributed by atoms with van der Waals surface area (Å²) in [5, 5.41) is 0. The second-order valence-corrected chi connectivity index (χ2v) is 16.6. The van der Waals surface area contributed by atoms with Crippen molar-refractivity contribution >= 4 is 11.9 Å². The molecule has 0 aliphatic rings. The van der Waals surface area contributed by atoms with Gasteiger partial charge in [-0.15, -0.1) is 0 Å². The number of ether oxygens (including phenoxy) is 3. The van der Waals surface area contributed by atoms with Crippen LogP contribution >= 0.6 is 0 Å². The number of hydrogen-bond acceptors (Lipinski definition) is 5. The molecular formula is C61H96O5. The fraction of sp³-hybridized carbons (Fsp3) is 0.574. The van der Waals surface area contributed by atoms with Gasteiger partial charge in [0.2, 0.25) is 0 Å². The van der Waals surface area contributed by atoms with Crippen LogP contribution in [0.15, 0.2) is 146 Å². The molecule has 0 N–H and O–H groups in total. The van der Waals surface area contributed by atoms with E-state index in [0.29, 0.717) is 19.4 Å². The van der Waals surface area contributed by atoms with E-state index in [9.17, 15) is 9.59 Å². The van der Waals surface area contributed by atoms with Crippen molar-refractivity contribution in [3.8, 4) is 0 Å². The molecule has 5 heteroatoms. The van der Waals surface area contributed by atoms with Gasteiger partial charge in [0.1, 0.15) is 6.61 Å². The van der Waals surface area contributed by atoms with Gasteiger partial charge in [-0.25, -0.2) is 0 Å². The fourth-order valence-corrected chi connectivity index (χ4v) is 6.55. The van der Waals surface area contributed by atoms with Crippen LogP contribution in [0, 0.1) is 0 Å². The van der Waals surface area contributed by atoms with Crippen molar-refractivity contribution in [3.63, 3.8) is 0 Å². The zero-order valence-corrected chi connectivity index (χ0v) is 42.4. The minimum atomic E-state index is -0.593. The van der Waals surface area contributed by atoms with E-state index in [1.165, 1.54) is 25.7 Å². The molecule has 0 saturated carbocycles. The smallest absolute Gasteiger partial charge is 0.306 e. The van der Waals surface area contributed by atoms with Crippen molar-refractivity contribution in [1.29, 1.82) is 0 Å². The van der Waals surface area contributed by atoms with E-state index in [1.54, 1.807) is 0 Å². The molecule has 0 fully saturated rings. The molecule has 1 unspecified atom stereocenters. The van der Waals surface area contributed by atoms with Gasteiger partial charge in [0, 0.05) is 19.4 Å². The number of esters is 2. The Bertz CT molecular complexity index is 1450. The summed E-state index contributed by atoms with van der Waals surface area (Å²) in [5.41, 5.74) is 0. The monoisotopic (exact) mass is 909 g/mol. The molecule has 0 aliphatic carbocycles. The second kappa shape index (κ2) is 55.1. The summed E-state index contributed by atoms with van der Waals surface area (Å²) in [7, 11) is 0. The molecule has 0 heterocycles. The van der Waals surface area contributed by atoms with E-state index in [1.807, 2.05) is 0 Å². The summed E-state index contributed by atoms with van der Waals surface area (Å²) in [6, 6.07) is 0. The van der Waals surface area contributed by atoms with E-state index in [4.69, 9.17) is 14.2 Å². The molecule has 0 rings (SSSR count). The van der Waals surface area contributed by atoms with Crippen LogP contribution in [0.2, 0.25) is 0 Å². The van der Waals surface area contributed by atoms with E-state index in [0.717, 1.165) is 141 Å². The Morgan fingerprint density at radius 1 is 0.333 bits per heavy atom. The average Bonchev–Trinajstić information content (AvgIpc) is 3.32. The van der Waals surface area contributed by atoms with Gasteiger partial charge in [-0.2, -0.15) is 0 Å². The lowest BCUT2D eigenvalue weighted by Crippen LogP contribution is -2.30. The van der Waals surface area contributed by atoms with Crippen molar-refractivity contribution < 1.29 is 23.8 Å². The van der Waals surface area contributed by atoms with Crippen molar-refractivity contribution in [2.75, 3.05) is 19.8 Å². The Morgan fingerprint density at radius 3 is 1.06 bits per heavy atom. The van der Waals surface area contributed by atoms with Crippen LogP contribution in [0.3, 0.4) is 0 Å². The van der Waals surface area contributed by atoms with Crippen molar-refractivity contribution in [2.24, 2.45) is 0 Å². The highest BCUT2D eigenvalue weighted by molar-refractivity contribution is 5.70. The first-order valence-corrected chi connectivity index (χ1v) is 26.4. The molecule has 0 saturated heterocycles. The minimum Gasteiger partial charge on any atom is -0.462 e. The lowest BCUT2D eigenvalue weighted by atomic mass is 10.1. The summed E-state index contributed by atoms with van der Waals surface area (Å²) < 4.78 is 17.3. The molecule has 370 valence electrons. The SMILES string of the molecule is CC/C=C\C/C=C\C/C=C\C/C=C\C/C=C\CCCC(=O)OCC(COCCCCC/C=C\C/C=C\C/C=C\C/C=C\CC)OC(=O)CCCCCCCCC/C=C\C/C=C\C/C=C\CC. The van der Waals surface area contributed by atoms with Gasteiger partial charge in [0.25, 0.3) is 0 Å². The normalized spacial score (nSPS) is 13.4. The number of allylic oxidation sites excluding steroid dienone is 24. The number of rotatable bonds is 46. The first-order valence-electron chi connectivity index (χ1n) is 26.4. The molecule has 0 bridgehead atoms. The molecule has 0 aromatic carbocycles. The highest BCUT2D eigenvalue weighted by Crippen LogP contribution is 2.12. The van der Waals surface area contributed by atoms with E-state index >= 15 is 0 Å². The Hall–Kier alpha value is -4.22. The van der Waals surface area contributed by atoms with Crippen LogP contribution in [-0.2, 0) is 23.8 Å². The highest BCUT2D eigenvalue weighted by atomic mass is 16.6. The first-order chi connectivity index (χ1) is 32.6. The van der Waals surface area contributed by atoms with Crippen molar-refractivity contribution in [1.82, 2.24) is 0 Å². The van der Waals surface area contributed by atoms with Crippen molar-refractivity contribution in [2.45, 2.75) is 207 Å². The molecule has 0 aromatic heterocycles. The molecule has 66 heavy (non-hydrogen) atoms. The quantitative estimate of drug-likeness (QED) is 0.0346. The first kappa shape index (κ1) is 61.8. The Morgan fingerprint density at radius 2 is 0.652 bits per heavy atom. The maximum atomic E-state index is 12.8. The third-order valence-corrected chi connectivity index (χ3v) is 10.4. The van der Waals surface area contributed by atoms with E-state index < -0.39 is 6.10 Å². The molecular weight excluding hydrogens is 813 g/mol. The Labute approximate surface area is 406 Å². The molecule has 0 aromatic rings. The lowest BCUT2D eigenvalue weighted by molar-refractivity contribution is -0.163. The number of hydrogen-bond donors (Lipinski definition) is 0. The average molecular weight is 909 g/mol. The summed E-state index contributed by atoms with van der Waals surface area (Å²) in [5.74, 6) is -0.506. The minimum absolute atomic E-state index is 0.0284. The van der Waals surface area contributed by atoms with Crippen molar-refractivity contribution in [3.05, 3.63) is 146 Å². The second-order valence-electron chi connectivity index (χ2n) is 16.6. The number of carbonyl (C=O) groups is 2. The van der Waals surface area contributed by atoms with Crippen LogP contribution in [0.25, 0.3) is 0 Å². The van der Waals surface area contributed by atoms with Gasteiger partial charge in [-0.3, -0.25) is 9.59 Å². The summed E-state index contributed by atoms with van der Waals surface area (Å²) in [4.78, 5) is 25.4. The third-order valence-electron chi connectivity index (χ3n) is 10.4. The van der Waals surface area contributed by atoms with Gasteiger partial charge in [0.05, 0.1) is 6.61 Å². The maximum absolute atomic E-state index is 12.8. The van der Waals surface area contributed by atoms with Crippen LogP contribution in [0.5, 0.6) is 0 Å². The summed E-state index contributed by atoms with van der Waals surface area (Å²) in [6.45, 7) is 7.32. The number of unbranched alkanes of at least 4 members (excludes halogenated alkanes) is 11. The van der Waals surface area contributed by atoms with Gasteiger partial charge >= 0.3 is 11.9 Å². The van der Waals surface area contributed by atoms with Gasteiger partial charge < -0.3 is 14.2 Å². The van der Waals surface area contributed by atoms with Gasteiger partial charge in [-0.1, -0.05) is 205 Å². The zero-order valence-electron chi connectivity index (χ0n) is 42.4. The highest BCUT2D eigenvalue weighted by Gasteiger charge is 2.17. The Kier molecular flexibility index (Phi) is 51.6. The lowest BCUT2D eigenvalue weighted by Gasteiger charge is -2.18. The van der Waals surface area contributed by atoms with Crippen LogP contribution in [0.4, 0.5) is 0 Å². The van der Waals surface area contributed by atoms with Crippen LogP contribution < -0.4 is 0 Å². The topological polar surface area (TPSA) is 61.8 Å². The van der Waals surface area contributed by atoms with E-state index in [2.05, 4.69) is 167 Å². The summed E-state index contributed by atoms with van der Waals surface area (Å²) >= 11 is 0. The van der Waals surface area contributed by atoms with Gasteiger partial charge in [-0.05, 0) is 128 Å². The molecule has 0 amide bonds. The van der Waals surface area contributed by atoms with E-state index in [-0.39, 0.29) is 25.2 Å². The molecule has 5 nitrogen and oxygen atoms in total. The van der Waals surface area contributed by atoms with Gasteiger partial charge in [0.15, 0.2) is 6.10 Å². The maximum Gasteiger partial charge on any atom is 0.306 e. The zero-order chi connectivity index (χ0) is 47.7. The Balaban J connectivity index is 4.48. The predicted molar refractivity (Wildman–Crippen MR) is 288 cm³/mol. The fourth-order valence-electron chi connectivity index (χ4n) is 6.55. The predicted octanol–water partition coefficient (Wildman–Crippen LogP) is 18.1. The molecule has 0 spiro atoms. The molecule has 1 atom stereocenters. The third kappa shape index (κ3) is 52.4. The van der Waals surface area contributed by atoms with Crippen LogP contribution in [-0.4, -0.2) is 37.9 Å². The number of carbonyl (C=O) groups excluding carboxylic acids is 2. The summed E-state index contributed by atoms with van der Waals surface area (Å²) in [6.07, 6.45) is 80.1. The largest absolute Gasteiger partial charge is 0.462 e. The molecule has 0 radical (unpaired) electrons.